The molecule has 10 heavy (non-hydrogen) atoms. The lowest BCUT2D eigenvalue weighted by Gasteiger charge is -2.13. The van der Waals surface area contributed by atoms with E-state index in [1.54, 1.807) is 19.0 Å². The zero-order chi connectivity index (χ0) is 8.15. The van der Waals surface area contributed by atoms with E-state index < -0.39 is 0 Å². The molecule has 0 rings (SSSR count). The van der Waals surface area contributed by atoms with Gasteiger partial charge in [0.15, 0.2) is 0 Å². The normalized spacial score (nSPS) is 12.8. The number of nitrogens with zero attached hydrogens (tertiary/aromatic N) is 1. The molecule has 0 aliphatic rings. The van der Waals surface area contributed by atoms with E-state index in [1.807, 2.05) is 0 Å². The molecule has 0 aromatic rings. The molecule has 0 aliphatic heterocycles. The highest BCUT2D eigenvalue weighted by Gasteiger charge is 2.14. The van der Waals surface area contributed by atoms with Crippen LogP contribution < -0.4 is 0 Å². The van der Waals surface area contributed by atoms with E-state index in [4.69, 9.17) is 11.6 Å². The van der Waals surface area contributed by atoms with Crippen molar-refractivity contribution in [2.75, 3.05) is 20.0 Å². The van der Waals surface area contributed by atoms with Crippen molar-refractivity contribution in [2.24, 2.45) is 0 Å². The predicted octanol–water partition coefficient (Wildman–Crippen LogP) is 1.47. The summed E-state index contributed by atoms with van der Waals surface area (Å²) in [4.78, 5) is 12.5. The van der Waals surface area contributed by atoms with Crippen molar-refractivity contribution in [1.29, 1.82) is 0 Å². The first-order chi connectivity index (χ1) is 4.59. The Labute approximate surface area is 74.7 Å². The number of carbonyl (C=O) groups is 1. The van der Waals surface area contributed by atoms with Crippen LogP contribution in [0.5, 0.6) is 0 Å². The van der Waals surface area contributed by atoms with Crippen LogP contribution in [0.4, 0.5) is 0 Å². The average molecular weight is 229 g/mol. The van der Waals surface area contributed by atoms with Crippen LogP contribution in [0.25, 0.3) is 0 Å². The average Bonchev–Trinajstić information content (AvgIpc) is 1.87. The van der Waals surface area contributed by atoms with Gasteiger partial charge in [0.1, 0.15) is 0 Å². The lowest BCUT2D eigenvalue weighted by atomic mass is 10.3. The van der Waals surface area contributed by atoms with Gasteiger partial charge in [0, 0.05) is 20.0 Å². The van der Waals surface area contributed by atoms with E-state index in [-0.39, 0.29) is 10.7 Å². The maximum Gasteiger partial charge on any atom is 0.235 e. The molecule has 1 amide bonds. The zero-order valence-electron chi connectivity index (χ0n) is 6.10. The molecular weight excluding hydrogens is 217 g/mol. The second kappa shape index (κ2) is 4.97. The standard InChI is InChI=1S/C6H11BrClNO/c1-9(2)6(10)5(7)3-4-8/h5H,3-4H2,1-2H3. The summed E-state index contributed by atoms with van der Waals surface area (Å²) in [6.45, 7) is 0. The summed E-state index contributed by atoms with van der Waals surface area (Å²) in [5.41, 5.74) is 0. The van der Waals surface area contributed by atoms with Crippen LogP contribution in [0, 0.1) is 0 Å². The van der Waals surface area contributed by atoms with Crippen LogP contribution in [0.1, 0.15) is 6.42 Å². The third-order valence-electron chi connectivity index (χ3n) is 1.07. The Hall–Kier alpha value is 0.240. The molecule has 0 aromatic carbocycles. The molecule has 2 nitrogen and oxygen atoms in total. The molecule has 0 aromatic heterocycles. The molecule has 4 heteroatoms. The van der Waals surface area contributed by atoms with E-state index in [2.05, 4.69) is 15.9 Å². The van der Waals surface area contributed by atoms with Gasteiger partial charge in [-0.3, -0.25) is 4.79 Å². The molecular formula is C6H11BrClNO. The summed E-state index contributed by atoms with van der Waals surface area (Å²) in [6.07, 6.45) is 0.679. The third kappa shape index (κ3) is 3.42. The van der Waals surface area contributed by atoms with Crippen molar-refractivity contribution in [2.45, 2.75) is 11.2 Å². The van der Waals surface area contributed by atoms with Crippen molar-refractivity contribution in [3.63, 3.8) is 0 Å². The van der Waals surface area contributed by atoms with Crippen molar-refractivity contribution in [3.8, 4) is 0 Å². The first kappa shape index (κ1) is 10.2. The number of carbonyl (C=O) groups excluding carboxylic acids is 1. The van der Waals surface area contributed by atoms with Crippen LogP contribution in [-0.4, -0.2) is 35.6 Å². The van der Waals surface area contributed by atoms with E-state index >= 15 is 0 Å². The second-order valence-corrected chi connectivity index (χ2v) is 3.66. The highest BCUT2D eigenvalue weighted by Crippen LogP contribution is 2.08. The summed E-state index contributed by atoms with van der Waals surface area (Å²) in [6, 6.07) is 0. The van der Waals surface area contributed by atoms with Crippen LogP contribution in [-0.2, 0) is 4.79 Å². The molecule has 0 spiro atoms. The minimum atomic E-state index is -0.125. The fraction of sp³-hybridized carbons (Fsp3) is 0.833. The Kier molecular flexibility index (Phi) is 5.09. The highest BCUT2D eigenvalue weighted by atomic mass is 79.9. The Morgan fingerprint density at radius 3 is 2.50 bits per heavy atom. The fourth-order valence-electron chi connectivity index (χ4n) is 0.499. The molecule has 0 saturated carbocycles. The van der Waals surface area contributed by atoms with Gasteiger partial charge >= 0.3 is 0 Å². The van der Waals surface area contributed by atoms with Crippen molar-refractivity contribution in [1.82, 2.24) is 4.90 Å². The van der Waals surface area contributed by atoms with Crippen LogP contribution in [0.3, 0.4) is 0 Å². The number of hydrogen-bond donors (Lipinski definition) is 0. The third-order valence-corrected chi connectivity index (χ3v) is 2.14. The van der Waals surface area contributed by atoms with Gasteiger partial charge in [-0.05, 0) is 6.42 Å². The van der Waals surface area contributed by atoms with Gasteiger partial charge in [-0.2, -0.15) is 0 Å². The van der Waals surface area contributed by atoms with Crippen LogP contribution in [0.2, 0.25) is 0 Å². The number of alkyl halides is 2. The minimum Gasteiger partial charge on any atom is -0.348 e. The van der Waals surface area contributed by atoms with Gasteiger partial charge < -0.3 is 4.90 Å². The van der Waals surface area contributed by atoms with E-state index in [1.165, 1.54) is 0 Å². The Morgan fingerprint density at radius 1 is 1.70 bits per heavy atom. The molecule has 1 unspecified atom stereocenters. The molecule has 0 saturated heterocycles. The summed E-state index contributed by atoms with van der Waals surface area (Å²) >= 11 is 8.67. The molecule has 0 aliphatic carbocycles. The van der Waals surface area contributed by atoms with Gasteiger partial charge in [0.25, 0.3) is 0 Å². The number of amides is 1. The number of halogens is 2. The topological polar surface area (TPSA) is 20.3 Å². The monoisotopic (exact) mass is 227 g/mol. The fourth-order valence-corrected chi connectivity index (χ4v) is 1.62. The van der Waals surface area contributed by atoms with Gasteiger partial charge in [-0.1, -0.05) is 15.9 Å². The number of rotatable bonds is 3. The summed E-state index contributed by atoms with van der Waals surface area (Å²) < 4.78 is 0. The largest absolute Gasteiger partial charge is 0.348 e. The molecule has 0 heterocycles. The quantitative estimate of drug-likeness (QED) is 0.670. The van der Waals surface area contributed by atoms with Gasteiger partial charge in [-0.25, -0.2) is 0 Å². The van der Waals surface area contributed by atoms with Gasteiger partial charge in [0.05, 0.1) is 4.83 Å². The minimum absolute atomic E-state index is 0.0700. The second-order valence-electron chi connectivity index (χ2n) is 2.18. The predicted molar refractivity (Wildman–Crippen MR) is 46.7 cm³/mol. The lowest BCUT2D eigenvalue weighted by molar-refractivity contribution is -0.127. The summed E-state index contributed by atoms with van der Waals surface area (Å²) in [5.74, 6) is 0.579. The van der Waals surface area contributed by atoms with E-state index in [0.717, 1.165) is 0 Å². The summed E-state index contributed by atoms with van der Waals surface area (Å²) in [5, 5.41) is 0. The lowest BCUT2D eigenvalue weighted by Crippen LogP contribution is -2.30. The molecule has 0 bridgehead atoms. The molecule has 1 atom stereocenters. The summed E-state index contributed by atoms with van der Waals surface area (Å²) in [7, 11) is 3.45. The maximum atomic E-state index is 11.1. The Bertz CT molecular complexity index is 118. The van der Waals surface area contributed by atoms with E-state index in [0.29, 0.717) is 12.3 Å². The Balaban J connectivity index is 3.71. The maximum absolute atomic E-state index is 11.1. The first-order valence-corrected chi connectivity index (χ1v) is 4.45. The zero-order valence-corrected chi connectivity index (χ0v) is 8.44. The van der Waals surface area contributed by atoms with Crippen LogP contribution >= 0.6 is 27.5 Å². The Morgan fingerprint density at radius 2 is 2.20 bits per heavy atom. The van der Waals surface area contributed by atoms with Gasteiger partial charge in [0.2, 0.25) is 5.91 Å². The molecule has 60 valence electrons. The van der Waals surface area contributed by atoms with Crippen molar-refractivity contribution >= 4 is 33.4 Å². The van der Waals surface area contributed by atoms with Gasteiger partial charge in [-0.15, -0.1) is 11.6 Å². The number of hydrogen-bond acceptors (Lipinski definition) is 1. The SMILES string of the molecule is CN(C)C(=O)C(Br)CCCl. The van der Waals surface area contributed by atoms with Crippen LogP contribution in [0.15, 0.2) is 0 Å². The molecule has 0 radical (unpaired) electrons. The molecule has 0 fully saturated rings. The van der Waals surface area contributed by atoms with Crippen molar-refractivity contribution < 1.29 is 4.79 Å². The smallest absolute Gasteiger partial charge is 0.235 e. The first-order valence-electron chi connectivity index (χ1n) is 3.00. The van der Waals surface area contributed by atoms with E-state index in [9.17, 15) is 4.79 Å². The van der Waals surface area contributed by atoms with Crippen molar-refractivity contribution in [3.05, 3.63) is 0 Å². The molecule has 0 N–H and O–H groups in total. The highest BCUT2D eigenvalue weighted by molar-refractivity contribution is 9.10.